The molecule has 2 aromatic carbocycles. The molecule has 1 saturated carbocycles. The van der Waals surface area contributed by atoms with E-state index in [1.54, 1.807) is 30.6 Å². The van der Waals surface area contributed by atoms with Gasteiger partial charge in [-0.25, -0.2) is 18.4 Å². The number of nitrogen functional groups attached to an aromatic ring is 1. The quantitative estimate of drug-likeness (QED) is 0.371. The standard InChI is InChI=1S/C25H27N5O3S/c1-16(2)30-22-15-19(33-25-27-13-4-14-28-25)11-12-21(22)23(26)24(30)17-7-9-18(10-8-17)29-34(31,32)20-5-3-6-20/h4,7-16,20,29H,3,5-6,26H2,1-2H3. The van der Waals surface area contributed by atoms with Crippen LogP contribution in [0.25, 0.3) is 22.2 Å². The number of aromatic nitrogens is 3. The van der Waals surface area contributed by atoms with Crippen molar-refractivity contribution >= 4 is 32.3 Å². The number of nitrogens with two attached hydrogens (primary N) is 1. The highest BCUT2D eigenvalue weighted by molar-refractivity contribution is 7.93. The molecule has 0 spiro atoms. The molecular formula is C25H27N5O3S. The van der Waals surface area contributed by atoms with Crippen LogP contribution in [0.4, 0.5) is 11.4 Å². The fraction of sp³-hybridized carbons (Fsp3) is 0.280. The van der Waals surface area contributed by atoms with E-state index in [2.05, 4.69) is 33.1 Å². The number of nitrogens with one attached hydrogen (secondary N) is 1. The first-order valence-electron chi connectivity index (χ1n) is 11.3. The molecule has 9 heteroatoms. The van der Waals surface area contributed by atoms with E-state index in [0.29, 0.717) is 17.1 Å². The predicted molar refractivity (Wildman–Crippen MR) is 134 cm³/mol. The summed E-state index contributed by atoms with van der Waals surface area (Å²) in [5.41, 5.74) is 10.6. The Morgan fingerprint density at radius 2 is 1.79 bits per heavy atom. The molecule has 1 fully saturated rings. The van der Waals surface area contributed by atoms with Gasteiger partial charge in [-0.3, -0.25) is 4.72 Å². The number of sulfonamides is 1. The molecule has 1 aliphatic rings. The van der Waals surface area contributed by atoms with E-state index in [9.17, 15) is 8.42 Å². The molecule has 0 radical (unpaired) electrons. The highest BCUT2D eigenvalue weighted by Gasteiger charge is 2.31. The Hall–Kier alpha value is -3.59. The predicted octanol–water partition coefficient (Wildman–Crippen LogP) is 5.35. The van der Waals surface area contributed by atoms with Crippen LogP contribution in [-0.2, 0) is 10.0 Å². The minimum atomic E-state index is -3.34. The van der Waals surface area contributed by atoms with Gasteiger partial charge in [0.1, 0.15) is 5.75 Å². The SMILES string of the molecule is CC(C)n1c(-c2ccc(NS(=O)(=O)C3CCC3)cc2)c(N)c2ccc(Oc3ncccn3)cc21. The molecule has 176 valence electrons. The summed E-state index contributed by atoms with van der Waals surface area (Å²) < 4.78 is 35.6. The van der Waals surface area contributed by atoms with Gasteiger partial charge < -0.3 is 15.0 Å². The molecule has 0 saturated heterocycles. The summed E-state index contributed by atoms with van der Waals surface area (Å²) >= 11 is 0. The summed E-state index contributed by atoms with van der Waals surface area (Å²) in [6.45, 7) is 4.19. The van der Waals surface area contributed by atoms with E-state index in [0.717, 1.165) is 41.4 Å². The summed E-state index contributed by atoms with van der Waals surface area (Å²) in [6.07, 6.45) is 5.67. The molecule has 8 nitrogen and oxygen atoms in total. The molecule has 2 aromatic heterocycles. The van der Waals surface area contributed by atoms with E-state index >= 15 is 0 Å². The lowest BCUT2D eigenvalue weighted by molar-refractivity contribution is 0.442. The number of anilines is 2. The number of benzene rings is 2. The normalized spacial score (nSPS) is 14.3. The van der Waals surface area contributed by atoms with Crippen LogP contribution >= 0.6 is 0 Å². The lowest BCUT2D eigenvalue weighted by Crippen LogP contribution is -2.33. The minimum Gasteiger partial charge on any atom is -0.424 e. The van der Waals surface area contributed by atoms with Gasteiger partial charge in [-0.2, -0.15) is 0 Å². The van der Waals surface area contributed by atoms with E-state index in [4.69, 9.17) is 10.5 Å². The summed E-state index contributed by atoms with van der Waals surface area (Å²) in [5, 5.41) is 0.629. The van der Waals surface area contributed by atoms with Crippen LogP contribution in [0.15, 0.2) is 60.9 Å². The topological polar surface area (TPSA) is 112 Å². The molecule has 0 atom stereocenters. The van der Waals surface area contributed by atoms with Crippen LogP contribution in [0.2, 0.25) is 0 Å². The Balaban J connectivity index is 1.51. The molecule has 2 heterocycles. The smallest absolute Gasteiger partial charge is 0.321 e. The van der Waals surface area contributed by atoms with Crippen LogP contribution < -0.4 is 15.2 Å². The fourth-order valence-corrected chi connectivity index (χ4v) is 5.86. The average molecular weight is 478 g/mol. The summed E-state index contributed by atoms with van der Waals surface area (Å²) in [7, 11) is -3.34. The third-order valence-electron chi connectivity index (χ3n) is 6.19. The molecule has 4 aromatic rings. The average Bonchev–Trinajstić information content (AvgIpc) is 3.05. The van der Waals surface area contributed by atoms with Crippen LogP contribution in [0.1, 0.15) is 39.2 Å². The first-order valence-corrected chi connectivity index (χ1v) is 12.9. The molecule has 0 aliphatic heterocycles. The van der Waals surface area contributed by atoms with Gasteiger partial charge in [0.15, 0.2) is 0 Å². The van der Waals surface area contributed by atoms with Crippen molar-refractivity contribution in [3.63, 3.8) is 0 Å². The molecule has 0 bridgehead atoms. The van der Waals surface area contributed by atoms with Gasteiger partial charge in [-0.1, -0.05) is 18.6 Å². The van der Waals surface area contributed by atoms with E-state index in [-0.39, 0.29) is 17.3 Å². The largest absolute Gasteiger partial charge is 0.424 e. The second kappa shape index (κ2) is 8.64. The molecule has 3 N–H and O–H groups in total. The van der Waals surface area contributed by atoms with E-state index in [1.165, 1.54) is 0 Å². The lowest BCUT2D eigenvalue weighted by Gasteiger charge is -2.25. The van der Waals surface area contributed by atoms with Crippen LogP contribution in [0.5, 0.6) is 11.8 Å². The zero-order valence-corrected chi connectivity index (χ0v) is 19.9. The van der Waals surface area contributed by atoms with Gasteiger partial charge in [-0.05, 0) is 57.0 Å². The highest BCUT2D eigenvalue weighted by atomic mass is 32.2. The Kier molecular flexibility index (Phi) is 5.65. The number of ether oxygens (including phenoxy) is 1. The number of nitrogens with zero attached hydrogens (tertiary/aromatic N) is 3. The molecule has 0 amide bonds. The lowest BCUT2D eigenvalue weighted by atomic mass is 10.0. The highest BCUT2D eigenvalue weighted by Crippen LogP contribution is 2.40. The van der Waals surface area contributed by atoms with Crippen LogP contribution in [-0.4, -0.2) is 28.2 Å². The monoisotopic (exact) mass is 477 g/mol. The Bertz CT molecular complexity index is 1430. The van der Waals surface area contributed by atoms with Gasteiger partial charge in [0, 0.05) is 41.1 Å². The number of fused-ring (bicyclic) bond motifs is 1. The van der Waals surface area contributed by atoms with E-state index < -0.39 is 10.0 Å². The van der Waals surface area contributed by atoms with Crippen molar-refractivity contribution in [2.45, 2.75) is 44.4 Å². The van der Waals surface area contributed by atoms with Crippen LogP contribution in [0.3, 0.4) is 0 Å². The van der Waals surface area contributed by atoms with Crippen molar-refractivity contribution in [3.05, 3.63) is 60.9 Å². The van der Waals surface area contributed by atoms with Gasteiger partial charge in [-0.15, -0.1) is 0 Å². The maximum atomic E-state index is 12.5. The molecule has 1 aliphatic carbocycles. The summed E-state index contributed by atoms with van der Waals surface area (Å²) in [6, 6.07) is 15.2. The molecule has 0 unspecified atom stereocenters. The zero-order chi connectivity index (χ0) is 23.9. The summed E-state index contributed by atoms with van der Waals surface area (Å²) in [4.78, 5) is 8.24. The third-order valence-corrected chi connectivity index (χ3v) is 8.06. The first kappa shape index (κ1) is 22.2. The van der Waals surface area contributed by atoms with Crippen molar-refractivity contribution in [2.75, 3.05) is 10.5 Å². The van der Waals surface area contributed by atoms with E-state index in [1.807, 2.05) is 30.3 Å². The van der Waals surface area contributed by atoms with Crippen LogP contribution in [0, 0.1) is 0 Å². The van der Waals surface area contributed by atoms with Crippen molar-refractivity contribution in [1.82, 2.24) is 14.5 Å². The van der Waals surface area contributed by atoms with Gasteiger partial charge in [0.2, 0.25) is 10.0 Å². The van der Waals surface area contributed by atoms with Gasteiger partial charge in [0.05, 0.1) is 22.1 Å². The number of rotatable bonds is 7. The second-order valence-corrected chi connectivity index (χ2v) is 10.8. The molecule has 5 rings (SSSR count). The summed E-state index contributed by atoms with van der Waals surface area (Å²) in [5.74, 6) is 0.616. The third kappa shape index (κ3) is 4.07. The first-order chi connectivity index (χ1) is 16.3. The maximum absolute atomic E-state index is 12.5. The van der Waals surface area contributed by atoms with Crippen molar-refractivity contribution in [1.29, 1.82) is 0 Å². The van der Waals surface area contributed by atoms with Gasteiger partial charge in [0.25, 0.3) is 0 Å². The Labute approximate surface area is 198 Å². The fourth-order valence-electron chi connectivity index (χ4n) is 4.28. The zero-order valence-electron chi connectivity index (χ0n) is 19.1. The Morgan fingerprint density at radius 1 is 1.09 bits per heavy atom. The molecular weight excluding hydrogens is 450 g/mol. The number of hydrogen-bond acceptors (Lipinski definition) is 6. The maximum Gasteiger partial charge on any atom is 0.321 e. The van der Waals surface area contributed by atoms with Gasteiger partial charge >= 0.3 is 6.01 Å². The second-order valence-electron chi connectivity index (χ2n) is 8.82. The van der Waals surface area contributed by atoms with Crippen molar-refractivity contribution in [3.8, 4) is 23.0 Å². The number of hydrogen-bond donors (Lipinski definition) is 2. The minimum absolute atomic E-state index is 0.120. The van der Waals surface area contributed by atoms with Crippen molar-refractivity contribution in [2.24, 2.45) is 0 Å². The molecule has 34 heavy (non-hydrogen) atoms. The van der Waals surface area contributed by atoms with Crippen molar-refractivity contribution < 1.29 is 13.2 Å². The Morgan fingerprint density at radius 3 is 2.41 bits per heavy atom.